The van der Waals surface area contributed by atoms with Gasteiger partial charge in [-0.3, -0.25) is 0 Å². The Morgan fingerprint density at radius 1 is 0.810 bits per heavy atom. The molecule has 21 heavy (non-hydrogen) atoms. The predicted molar refractivity (Wildman–Crippen MR) is 52.2 cm³/mol. The van der Waals surface area contributed by atoms with Crippen LogP contribution in [0.2, 0.25) is 0 Å². The van der Waals surface area contributed by atoms with Gasteiger partial charge in [-0.25, -0.2) is 0 Å². The summed E-state index contributed by atoms with van der Waals surface area (Å²) in [5, 5.41) is 8.90. The van der Waals surface area contributed by atoms with E-state index in [2.05, 4.69) is 0 Å². The van der Waals surface area contributed by atoms with Crippen molar-refractivity contribution >= 4 is 0 Å². The second-order valence-corrected chi connectivity index (χ2v) is 4.23. The van der Waals surface area contributed by atoms with E-state index in [1.807, 2.05) is 0 Å². The largest absolute Gasteiger partial charge is 0.426 e. The van der Waals surface area contributed by atoms with Gasteiger partial charge in [0.05, 0.1) is 5.56 Å². The van der Waals surface area contributed by atoms with Crippen molar-refractivity contribution < 1.29 is 44.6 Å². The highest BCUT2D eigenvalue weighted by atomic mass is 19.4. The molecule has 0 saturated heterocycles. The van der Waals surface area contributed by atoms with Gasteiger partial charge in [-0.05, 0) is 11.6 Å². The van der Waals surface area contributed by atoms with Gasteiger partial charge in [0.2, 0.25) is 0 Å². The third-order valence-corrected chi connectivity index (χ3v) is 2.65. The van der Waals surface area contributed by atoms with Crippen LogP contribution in [0, 0.1) is 0 Å². The summed E-state index contributed by atoms with van der Waals surface area (Å²) in [4.78, 5) is 0. The first-order valence-corrected chi connectivity index (χ1v) is 5.20. The maximum atomic E-state index is 12.4. The number of hydrogen-bond donors (Lipinski definition) is 1. The highest BCUT2D eigenvalue weighted by Gasteiger charge is 2.70. The van der Waals surface area contributed by atoms with Crippen molar-refractivity contribution in [3.05, 3.63) is 35.4 Å². The van der Waals surface area contributed by atoms with Gasteiger partial charge in [0.1, 0.15) is 0 Å². The van der Waals surface area contributed by atoms with E-state index in [4.69, 9.17) is 5.11 Å². The van der Waals surface area contributed by atoms with Gasteiger partial charge in [0.15, 0.2) is 0 Å². The standard InChI is InChI=1S/C11H7F9O/c12-9(13,14)7-3-1-2-6(4-7)5-8(21,10(15,16)17)11(18,19)20/h1-4,21H,5H2. The first-order chi connectivity index (χ1) is 9.18. The van der Waals surface area contributed by atoms with E-state index in [1.54, 1.807) is 0 Å². The van der Waals surface area contributed by atoms with Crippen molar-refractivity contribution in [1.29, 1.82) is 0 Å². The molecule has 0 aliphatic heterocycles. The zero-order valence-corrected chi connectivity index (χ0v) is 9.87. The second kappa shape index (κ2) is 5.08. The molecule has 0 bridgehead atoms. The summed E-state index contributed by atoms with van der Waals surface area (Å²) in [6.07, 6.45) is -19.2. The lowest BCUT2D eigenvalue weighted by Gasteiger charge is -2.32. The van der Waals surface area contributed by atoms with Gasteiger partial charge < -0.3 is 5.11 Å². The molecule has 0 amide bonds. The van der Waals surface area contributed by atoms with Gasteiger partial charge in [-0.2, -0.15) is 39.5 Å². The molecule has 0 aliphatic rings. The molecule has 0 saturated carbocycles. The lowest BCUT2D eigenvalue weighted by atomic mass is 9.92. The molecule has 0 atom stereocenters. The summed E-state index contributed by atoms with van der Waals surface area (Å²) in [6.45, 7) is 0. The smallest absolute Gasteiger partial charge is 0.373 e. The van der Waals surface area contributed by atoms with E-state index in [9.17, 15) is 39.5 Å². The van der Waals surface area contributed by atoms with E-state index in [-0.39, 0.29) is 6.07 Å². The van der Waals surface area contributed by atoms with Crippen molar-refractivity contribution in [2.24, 2.45) is 0 Å². The normalized spacial score (nSPS) is 14.4. The fraction of sp³-hybridized carbons (Fsp3) is 0.455. The van der Waals surface area contributed by atoms with Crippen LogP contribution < -0.4 is 0 Å². The van der Waals surface area contributed by atoms with Gasteiger partial charge in [0, 0.05) is 6.42 Å². The minimum Gasteiger partial charge on any atom is -0.373 e. The summed E-state index contributed by atoms with van der Waals surface area (Å²) in [5.74, 6) is 0. The number of benzene rings is 1. The van der Waals surface area contributed by atoms with Crippen LogP contribution in [0.1, 0.15) is 11.1 Å². The summed E-state index contributed by atoms with van der Waals surface area (Å²) >= 11 is 0. The Balaban J connectivity index is 3.24. The molecule has 0 aromatic heterocycles. The van der Waals surface area contributed by atoms with Crippen molar-refractivity contribution in [3.8, 4) is 0 Å². The van der Waals surface area contributed by atoms with Gasteiger partial charge >= 0.3 is 18.5 Å². The van der Waals surface area contributed by atoms with Crippen LogP contribution in [0.3, 0.4) is 0 Å². The van der Waals surface area contributed by atoms with Crippen molar-refractivity contribution in [2.75, 3.05) is 0 Å². The summed E-state index contributed by atoms with van der Waals surface area (Å²) in [5.41, 5.74) is -7.47. The molecule has 0 radical (unpaired) electrons. The Morgan fingerprint density at radius 3 is 1.67 bits per heavy atom. The lowest BCUT2D eigenvalue weighted by Crippen LogP contribution is -2.58. The van der Waals surface area contributed by atoms with Crippen LogP contribution in [-0.2, 0) is 12.6 Å². The van der Waals surface area contributed by atoms with Gasteiger partial charge in [0.25, 0.3) is 5.60 Å². The minimum atomic E-state index is -6.08. The number of rotatable bonds is 2. The molecule has 1 nitrogen and oxygen atoms in total. The first-order valence-electron chi connectivity index (χ1n) is 5.20. The van der Waals surface area contributed by atoms with E-state index in [0.717, 1.165) is 0 Å². The quantitative estimate of drug-likeness (QED) is 0.811. The maximum Gasteiger partial charge on any atom is 0.426 e. The Kier molecular flexibility index (Phi) is 4.25. The van der Waals surface area contributed by atoms with E-state index < -0.39 is 41.7 Å². The fourth-order valence-corrected chi connectivity index (χ4v) is 1.51. The van der Waals surface area contributed by atoms with E-state index in [0.29, 0.717) is 18.2 Å². The molecule has 1 aromatic rings. The molecule has 0 heterocycles. The first kappa shape index (κ1) is 17.6. The second-order valence-electron chi connectivity index (χ2n) is 4.23. The van der Waals surface area contributed by atoms with Crippen LogP contribution in [0.25, 0.3) is 0 Å². The fourth-order valence-electron chi connectivity index (χ4n) is 1.51. The highest BCUT2D eigenvalue weighted by Crippen LogP contribution is 2.45. The lowest BCUT2D eigenvalue weighted by molar-refractivity contribution is -0.367. The van der Waals surface area contributed by atoms with E-state index in [1.165, 1.54) is 0 Å². The molecule has 0 aliphatic carbocycles. The van der Waals surface area contributed by atoms with Crippen LogP contribution in [-0.4, -0.2) is 23.1 Å². The maximum absolute atomic E-state index is 12.4. The van der Waals surface area contributed by atoms with Gasteiger partial charge in [-0.15, -0.1) is 0 Å². The summed E-state index contributed by atoms with van der Waals surface area (Å²) in [6, 6.07) is 1.91. The van der Waals surface area contributed by atoms with E-state index >= 15 is 0 Å². The predicted octanol–water partition coefficient (Wildman–Crippen LogP) is 4.10. The molecule has 10 heteroatoms. The molecular formula is C11H7F9O. The average molecular weight is 326 g/mol. The molecule has 120 valence electrons. The monoisotopic (exact) mass is 326 g/mol. The molecule has 1 aromatic carbocycles. The summed E-state index contributed by atoms with van der Waals surface area (Å²) < 4.78 is 112. The molecule has 0 fully saturated rings. The molecular weight excluding hydrogens is 319 g/mol. The minimum absolute atomic E-state index is 0.127. The van der Waals surface area contributed by atoms with Crippen molar-refractivity contribution in [1.82, 2.24) is 0 Å². The van der Waals surface area contributed by atoms with Crippen LogP contribution >= 0.6 is 0 Å². The Bertz CT molecular complexity index is 484. The molecule has 1 N–H and O–H groups in total. The SMILES string of the molecule is OC(Cc1cccc(C(F)(F)F)c1)(C(F)(F)F)C(F)(F)F. The number of halogens is 9. The Labute approximate surface area is 112 Å². The third kappa shape index (κ3) is 3.60. The van der Waals surface area contributed by atoms with Crippen molar-refractivity contribution in [2.45, 2.75) is 30.6 Å². The zero-order valence-electron chi connectivity index (χ0n) is 9.87. The topological polar surface area (TPSA) is 20.2 Å². The highest BCUT2D eigenvalue weighted by molar-refractivity contribution is 5.27. The summed E-state index contributed by atoms with van der Waals surface area (Å²) in [7, 11) is 0. The average Bonchev–Trinajstić information content (AvgIpc) is 2.25. The Hall–Kier alpha value is -1.45. The van der Waals surface area contributed by atoms with Crippen LogP contribution in [0.4, 0.5) is 39.5 Å². The number of alkyl halides is 9. The number of aliphatic hydroxyl groups is 1. The van der Waals surface area contributed by atoms with Crippen molar-refractivity contribution in [3.63, 3.8) is 0 Å². The Morgan fingerprint density at radius 2 is 1.29 bits per heavy atom. The van der Waals surface area contributed by atoms with Gasteiger partial charge in [-0.1, -0.05) is 18.2 Å². The van der Waals surface area contributed by atoms with Crippen LogP contribution in [0.5, 0.6) is 0 Å². The van der Waals surface area contributed by atoms with Crippen LogP contribution in [0.15, 0.2) is 24.3 Å². The molecule has 0 unspecified atom stereocenters. The molecule has 0 spiro atoms. The molecule has 1 rings (SSSR count). The number of hydrogen-bond acceptors (Lipinski definition) is 1. The third-order valence-electron chi connectivity index (χ3n) is 2.65. The zero-order chi connectivity index (χ0) is 16.7.